The maximum Gasteiger partial charge on any atom is 3.00 e. The maximum atomic E-state index is 2.93. The summed E-state index contributed by atoms with van der Waals surface area (Å²) < 4.78 is 0. The van der Waals surface area contributed by atoms with Crippen molar-refractivity contribution < 1.29 is 26.2 Å². The second kappa shape index (κ2) is 12.3. The first-order chi connectivity index (χ1) is 8.39. The van der Waals surface area contributed by atoms with E-state index in [9.17, 15) is 0 Å². The van der Waals surface area contributed by atoms with E-state index in [-0.39, 0.29) is 26.2 Å². The van der Waals surface area contributed by atoms with Crippen LogP contribution in [0.3, 0.4) is 0 Å². The average Bonchev–Trinajstić information content (AvgIpc) is 3.09. The van der Waals surface area contributed by atoms with E-state index >= 15 is 0 Å². The first-order valence-corrected chi connectivity index (χ1v) is 5.65. The molecule has 3 rings (SSSR count). The summed E-state index contributed by atoms with van der Waals surface area (Å²) in [6.45, 7) is 2.06. The molecule has 18 heavy (non-hydrogen) atoms. The maximum absolute atomic E-state index is 2.93. The van der Waals surface area contributed by atoms with Crippen molar-refractivity contribution in [1.82, 2.24) is 0 Å². The summed E-state index contributed by atoms with van der Waals surface area (Å²) in [7, 11) is 0. The monoisotopic (exact) mass is 311 g/mol. The first kappa shape index (κ1) is 16.8. The van der Waals surface area contributed by atoms with Crippen LogP contribution < -0.4 is 0 Å². The molecule has 0 aliphatic rings. The first-order valence-electron chi connectivity index (χ1n) is 5.65. The zero-order valence-electron chi connectivity index (χ0n) is 10.6. The predicted molar refractivity (Wildman–Crippen MR) is 74.1 cm³/mol. The van der Waals surface area contributed by atoms with E-state index in [0.29, 0.717) is 0 Å². The molecule has 0 atom stereocenters. The average molecular weight is 313 g/mol. The van der Waals surface area contributed by atoms with Crippen LogP contribution in [0.5, 0.6) is 0 Å². The molecule has 3 aromatic carbocycles. The van der Waals surface area contributed by atoms with Crippen LogP contribution in [0.25, 0.3) is 0 Å². The third kappa shape index (κ3) is 9.99. The predicted octanol–water partition coefficient (Wildman–Crippen LogP) is 4.60. The number of hydrogen-bond acceptors (Lipinski definition) is 0. The van der Waals surface area contributed by atoms with Gasteiger partial charge in [-0.3, -0.25) is 0 Å². The molecule has 0 fully saturated rings. The summed E-state index contributed by atoms with van der Waals surface area (Å²) in [5.74, 6) is 0. The SMILES string of the molecule is Cc1cc[c-]cc1.[Zr+3].c1cc[cH-]c1.c1cc[cH-]c1. The van der Waals surface area contributed by atoms with Crippen LogP contribution in [0.1, 0.15) is 5.56 Å². The van der Waals surface area contributed by atoms with Crippen LogP contribution in [-0.2, 0) is 26.2 Å². The van der Waals surface area contributed by atoms with Crippen LogP contribution in [0.15, 0.2) is 84.9 Å². The minimum Gasteiger partial charge on any atom is -0.214 e. The molecule has 0 aromatic heterocycles. The summed E-state index contributed by atoms with van der Waals surface area (Å²) in [5, 5.41) is 0. The molecule has 1 radical (unpaired) electrons. The van der Waals surface area contributed by atoms with E-state index < -0.39 is 0 Å². The normalized spacial score (nSPS) is 7.83. The standard InChI is InChI=1S/C7H7.2C5H5.Zr/c1-7-5-3-2-4-6-7;2*1-2-4-5-3-1;/h3-6H,1H3;2*1-5H;/q3*-1;+3. The summed E-state index contributed by atoms with van der Waals surface area (Å²) in [6.07, 6.45) is 0. The van der Waals surface area contributed by atoms with E-state index in [2.05, 4.69) is 13.0 Å². The van der Waals surface area contributed by atoms with Gasteiger partial charge in [0, 0.05) is 0 Å². The number of hydrogen-bond donors (Lipinski definition) is 0. The van der Waals surface area contributed by atoms with Crippen molar-refractivity contribution in [3.8, 4) is 0 Å². The topological polar surface area (TPSA) is 0 Å². The Hall–Kier alpha value is -1.20. The van der Waals surface area contributed by atoms with Crippen molar-refractivity contribution in [3.63, 3.8) is 0 Å². The molecule has 0 saturated carbocycles. The van der Waals surface area contributed by atoms with E-state index in [1.54, 1.807) is 0 Å². The quantitative estimate of drug-likeness (QED) is 0.532. The van der Waals surface area contributed by atoms with Gasteiger partial charge in [0.15, 0.2) is 0 Å². The molecule has 0 nitrogen and oxygen atoms in total. The Balaban J connectivity index is 0.000000239. The van der Waals surface area contributed by atoms with Crippen molar-refractivity contribution in [2.75, 3.05) is 0 Å². The molecular weight excluding hydrogens is 295 g/mol. The molecule has 0 aliphatic heterocycles. The molecule has 3 aromatic rings. The van der Waals surface area contributed by atoms with E-state index in [0.717, 1.165) is 0 Å². The number of benzene rings is 1. The summed E-state index contributed by atoms with van der Waals surface area (Å²) in [5.41, 5.74) is 1.29. The Morgan fingerprint density at radius 3 is 1.33 bits per heavy atom. The fourth-order valence-corrected chi connectivity index (χ4v) is 1.11. The fourth-order valence-electron chi connectivity index (χ4n) is 1.11. The molecule has 0 bridgehead atoms. The third-order valence-electron chi connectivity index (χ3n) is 2.00. The van der Waals surface area contributed by atoms with Crippen LogP contribution in [0.2, 0.25) is 0 Å². The Bertz CT molecular complexity index is 363. The van der Waals surface area contributed by atoms with Crippen molar-refractivity contribution >= 4 is 0 Å². The largest absolute Gasteiger partial charge is 3.00 e. The molecule has 0 aliphatic carbocycles. The second-order valence-corrected chi connectivity index (χ2v) is 3.50. The van der Waals surface area contributed by atoms with Gasteiger partial charge in [-0.25, -0.2) is 24.3 Å². The van der Waals surface area contributed by atoms with Gasteiger partial charge in [0.25, 0.3) is 0 Å². The molecule has 0 N–H and O–H groups in total. The minimum absolute atomic E-state index is 0. The van der Waals surface area contributed by atoms with Crippen molar-refractivity contribution in [2.24, 2.45) is 0 Å². The molecule has 0 spiro atoms. The number of rotatable bonds is 0. The van der Waals surface area contributed by atoms with Crippen LogP contribution >= 0.6 is 0 Å². The van der Waals surface area contributed by atoms with Gasteiger partial charge in [-0.15, -0.1) is 0 Å². The van der Waals surface area contributed by atoms with Gasteiger partial charge in [0.05, 0.1) is 0 Å². The van der Waals surface area contributed by atoms with Crippen LogP contribution in [0, 0.1) is 13.0 Å². The summed E-state index contributed by atoms with van der Waals surface area (Å²) in [4.78, 5) is 0. The molecule has 0 heterocycles. The molecule has 89 valence electrons. The summed E-state index contributed by atoms with van der Waals surface area (Å²) in [6, 6.07) is 30.8. The van der Waals surface area contributed by atoms with Gasteiger partial charge in [0.1, 0.15) is 0 Å². The smallest absolute Gasteiger partial charge is 0.214 e. The van der Waals surface area contributed by atoms with Crippen LogP contribution in [-0.4, -0.2) is 0 Å². The van der Waals surface area contributed by atoms with Gasteiger partial charge < -0.3 is 0 Å². The van der Waals surface area contributed by atoms with Gasteiger partial charge in [-0.1, -0.05) is 6.92 Å². The summed E-state index contributed by atoms with van der Waals surface area (Å²) >= 11 is 0. The van der Waals surface area contributed by atoms with Gasteiger partial charge in [-0.2, -0.15) is 72.3 Å². The molecule has 0 saturated heterocycles. The van der Waals surface area contributed by atoms with Crippen molar-refractivity contribution in [3.05, 3.63) is 96.6 Å². The van der Waals surface area contributed by atoms with Crippen molar-refractivity contribution in [2.45, 2.75) is 6.92 Å². The molecule has 0 amide bonds. The zero-order chi connectivity index (χ0) is 12.2. The van der Waals surface area contributed by atoms with Gasteiger partial charge in [0.2, 0.25) is 0 Å². The number of aryl methyl sites for hydroxylation is 1. The second-order valence-electron chi connectivity index (χ2n) is 3.50. The van der Waals surface area contributed by atoms with E-state index in [1.807, 2.05) is 84.9 Å². The third-order valence-corrected chi connectivity index (χ3v) is 2.00. The minimum atomic E-state index is 0. The van der Waals surface area contributed by atoms with Crippen molar-refractivity contribution in [1.29, 1.82) is 0 Å². The fraction of sp³-hybridized carbons (Fsp3) is 0.0588. The Kier molecular flexibility index (Phi) is 11.4. The Labute approximate surface area is 129 Å². The van der Waals surface area contributed by atoms with E-state index in [1.165, 1.54) is 5.56 Å². The Morgan fingerprint density at radius 1 is 0.778 bits per heavy atom. The Morgan fingerprint density at radius 2 is 1.17 bits per heavy atom. The van der Waals surface area contributed by atoms with E-state index in [4.69, 9.17) is 0 Å². The molecule has 1 heteroatoms. The van der Waals surface area contributed by atoms with Gasteiger partial charge >= 0.3 is 26.2 Å². The zero-order valence-corrected chi connectivity index (χ0v) is 13.0. The molecule has 0 unspecified atom stereocenters. The molecular formula is C17H17Zr. The van der Waals surface area contributed by atoms with Gasteiger partial charge in [-0.05, 0) is 0 Å². The van der Waals surface area contributed by atoms with Crippen LogP contribution in [0.4, 0.5) is 0 Å².